The van der Waals surface area contributed by atoms with Crippen LogP contribution in [0.1, 0.15) is 37.0 Å². The Morgan fingerprint density at radius 3 is 1.83 bits per heavy atom. The van der Waals surface area contributed by atoms with Gasteiger partial charge in [-0.15, -0.1) is 0 Å². The fourth-order valence-corrected chi connectivity index (χ4v) is 10.8. The highest BCUT2D eigenvalue weighted by Gasteiger charge is 2.25. The van der Waals surface area contributed by atoms with E-state index in [-0.39, 0.29) is 5.92 Å². The van der Waals surface area contributed by atoms with Gasteiger partial charge in [0.2, 0.25) is 0 Å². The first-order valence-electron chi connectivity index (χ1n) is 23.8. The van der Waals surface area contributed by atoms with Gasteiger partial charge in [-0.1, -0.05) is 129 Å². The molecule has 0 N–H and O–H groups in total. The second-order valence-corrected chi connectivity index (χ2v) is 18.4. The summed E-state index contributed by atoms with van der Waals surface area (Å²) in [5.41, 5.74) is 12.2. The van der Waals surface area contributed by atoms with Crippen LogP contribution >= 0.6 is 0 Å². The van der Waals surface area contributed by atoms with Crippen LogP contribution in [0.5, 0.6) is 0 Å². The molecule has 69 heavy (non-hydrogen) atoms. The summed E-state index contributed by atoms with van der Waals surface area (Å²) in [4.78, 5) is 11.1. The fourth-order valence-electron chi connectivity index (χ4n) is 10.8. The number of hydrogen-bond donors (Lipinski definition) is 0. The smallest absolute Gasteiger partial charge is 0.155 e. The monoisotopic (exact) mass is 889 g/mol. The highest BCUT2D eigenvalue weighted by Crippen LogP contribution is 2.43. The van der Waals surface area contributed by atoms with E-state index < -0.39 is 0 Å². The van der Waals surface area contributed by atoms with Crippen LogP contribution in [0, 0.1) is 5.92 Å². The molecular weight excluding hydrogens is 847 g/mol. The maximum absolute atomic E-state index is 7.09. The third-order valence-corrected chi connectivity index (χ3v) is 14.3. The van der Waals surface area contributed by atoms with Crippen LogP contribution in [-0.2, 0) is 6.54 Å². The molecule has 0 amide bonds. The lowest BCUT2D eigenvalue weighted by Gasteiger charge is -2.17. The van der Waals surface area contributed by atoms with Gasteiger partial charge in [-0.2, -0.15) is 0 Å². The first-order valence-corrected chi connectivity index (χ1v) is 23.8. The van der Waals surface area contributed by atoms with Gasteiger partial charge in [0.15, 0.2) is 5.84 Å². The van der Waals surface area contributed by atoms with Crippen molar-refractivity contribution < 1.29 is 13.3 Å². The standard InChI is InChI=1S/C63H43N3O3/c1-3-37(2)61(65-63(42-26-31-58-49(34-42)45-19-9-12-22-55(45)68-58)64-36-38-24-30-57-48(32-38)44-18-8-11-21-54(44)67-57)47-27-29-52(60-46-20-10-13-23-56(46)69-62(47)60)66-51-28-25-39-14-6-7-17-43(39)59(51)50-33-40-15-4-5-16-41(40)35-53(50)66/h4-35,37H,3,36H2,1-2H3/b64-63-,65-61+. The molecule has 0 radical (unpaired) electrons. The topological polar surface area (TPSA) is 69.1 Å². The van der Waals surface area contributed by atoms with Gasteiger partial charge in [0.25, 0.3) is 0 Å². The molecule has 1 atom stereocenters. The first kappa shape index (κ1) is 39.4. The molecule has 10 aromatic carbocycles. The summed E-state index contributed by atoms with van der Waals surface area (Å²) in [5.74, 6) is 0.694. The minimum absolute atomic E-state index is 0.0514. The van der Waals surface area contributed by atoms with Gasteiger partial charge in [-0.25, -0.2) is 4.99 Å². The van der Waals surface area contributed by atoms with E-state index in [4.69, 9.17) is 23.2 Å². The summed E-state index contributed by atoms with van der Waals surface area (Å²) in [5, 5.41) is 13.7. The van der Waals surface area contributed by atoms with Crippen LogP contribution in [0.15, 0.2) is 217 Å². The molecule has 14 rings (SSSR count). The SMILES string of the molecule is CCC(C)/C(=N\C(=N/Cc1ccc2oc3ccccc3c2c1)c1ccc2oc3ccccc3c2c1)c1ccc(-n2c3cc4ccccc4cc3c3c4ccccc4ccc32)c2c1oc1ccccc12. The third kappa shape index (κ3) is 6.18. The Bertz CT molecular complexity index is 4480. The maximum Gasteiger partial charge on any atom is 0.155 e. The average Bonchev–Trinajstić information content (AvgIpc) is 4.17. The highest BCUT2D eigenvalue weighted by molar-refractivity contribution is 6.26. The molecule has 0 spiro atoms. The zero-order chi connectivity index (χ0) is 45.7. The molecule has 328 valence electrons. The molecule has 6 heteroatoms. The molecular formula is C63H43N3O3. The number of rotatable bonds is 7. The zero-order valence-corrected chi connectivity index (χ0v) is 38.0. The molecule has 0 saturated carbocycles. The lowest BCUT2D eigenvalue weighted by molar-refractivity contribution is 0.665. The van der Waals surface area contributed by atoms with E-state index in [1.165, 1.54) is 32.3 Å². The van der Waals surface area contributed by atoms with Crippen LogP contribution in [0.25, 0.3) is 115 Å². The zero-order valence-electron chi connectivity index (χ0n) is 38.0. The van der Waals surface area contributed by atoms with Crippen LogP contribution in [0.2, 0.25) is 0 Å². The van der Waals surface area contributed by atoms with Gasteiger partial charge in [-0.05, 0) is 118 Å². The number of furan rings is 3. The average molecular weight is 890 g/mol. The van der Waals surface area contributed by atoms with Crippen molar-refractivity contribution in [1.82, 2.24) is 4.57 Å². The number of amidine groups is 1. The Kier molecular flexibility index (Phi) is 8.80. The lowest BCUT2D eigenvalue weighted by atomic mass is 9.93. The van der Waals surface area contributed by atoms with E-state index in [0.717, 1.165) is 111 Å². The van der Waals surface area contributed by atoms with Gasteiger partial charge in [0, 0.05) is 48.8 Å². The molecule has 4 aromatic heterocycles. The van der Waals surface area contributed by atoms with Crippen molar-refractivity contribution in [2.24, 2.45) is 15.9 Å². The molecule has 6 nitrogen and oxygen atoms in total. The highest BCUT2D eigenvalue weighted by atomic mass is 16.3. The Morgan fingerprint density at radius 1 is 0.478 bits per heavy atom. The van der Waals surface area contributed by atoms with Gasteiger partial charge < -0.3 is 17.8 Å². The summed E-state index contributed by atoms with van der Waals surface area (Å²) in [6, 6.07) is 68.6. The largest absolute Gasteiger partial charge is 0.456 e. The van der Waals surface area contributed by atoms with Gasteiger partial charge in [0.05, 0.1) is 34.4 Å². The minimum atomic E-state index is 0.0514. The van der Waals surface area contributed by atoms with E-state index in [0.29, 0.717) is 12.4 Å². The third-order valence-electron chi connectivity index (χ3n) is 14.3. The summed E-state index contributed by atoms with van der Waals surface area (Å²) < 4.78 is 22.0. The Labute approximate surface area is 396 Å². The lowest BCUT2D eigenvalue weighted by Crippen LogP contribution is -2.16. The van der Waals surface area contributed by atoms with Crippen molar-refractivity contribution in [2.75, 3.05) is 0 Å². The summed E-state index contributed by atoms with van der Waals surface area (Å²) >= 11 is 0. The number of para-hydroxylation sites is 3. The van der Waals surface area contributed by atoms with Gasteiger partial charge >= 0.3 is 0 Å². The number of nitrogens with zero attached hydrogens (tertiary/aromatic N) is 3. The van der Waals surface area contributed by atoms with Crippen LogP contribution in [-0.4, -0.2) is 16.1 Å². The second kappa shape index (κ2) is 15.4. The second-order valence-electron chi connectivity index (χ2n) is 18.4. The number of fused-ring (bicyclic) bond motifs is 15. The van der Waals surface area contributed by atoms with Gasteiger partial charge in [-0.3, -0.25) is 4.99 Å². The summed E-state index contributed by atoms with van der Waals surface area (Å²) in [6.07, 6.45) is 0.859. The number of benzene rings is 10. The van der Waals surface area contributed by atoms with E-state index in [1.54, 1.807) is 0 Å². The predicted molar refractivity (Wildman–Crippen MR) is 287 cm³/mol. The Hall–Kier alpha value is -8.74. The van der Waals surface area contributed by atoms with Crippen molar-refractivity contribution in [2.45, 2.75) is 26.8 Å². The van der Waals surface area contributed by atoms with Crippen LogP contribution in [0.3, 0.4) is 0 Å². The van der Waals surface area contributed by atoms with E-state index in [2.05, 4.69) is 182 Å². The number of aromatic nitrogens is 1. The number of hydrogen-bond acceptors (Lipinski definition) is 4. The molecule has 0 bridgehead atoms. The molecule has 0 aliphatic carbocycles. The van der Waals surface area contributed by atoms with Crippen molar-refractivity contribution in [3.05, 3.63) is 211 Å². The quantitative estimate of drug-likeness (QED) is 0.118. The molecule has 0 aliphatic heterocycles. The molecule has 1 unspecified atom stereocenters. The molecule has 0 saturated heterocycles. The Morgan fingerprint density at radius 2 is 1.09 bits per heavy atom. The molecule has 0 aliphatic rings. The Balaban J connectivity index is 1.01. The summed E-state index contributed by atoms with van der Waals surface area (Å²) in [7, 11) is 0. The number of aliphatic imine (C=N–C) groups is 2. The molecule has 0 fully saturated rings. The van der Waals surface area contributed by atoms with Crippen molar-refractivity contribution in [3.8, 4) is 5.69 Å². The van der Waals surface area contributed by atoms with Crippen molar-refractivity contribution >= 4 is 121 Å². The van der Waals surface area contributed by atoms with E-state index in [9.17, 15) is 0 Å². The molecule has 4 heterocycles. The summed E-state index contributed by atoms with van der Waals surface area (Å²) in [6.45, 7) is 4.90. The van der Waals surface area contributed by atoms with Crippen LogP contribution < -0.4 is 0 Å². The van der Waals surface area contributed by atoms with Crippen LogP contribution in [0.4, 0.5) is 0 Å². The van der Waals surface area contributed by atoms with E-state index in [1.807, 2.05) is 30.3 Å². The minimum Gasteiger partial charge on any atom is -0.456 e. The predicted octanol–water partition coefficient (Wildman–Crippen LogP) is 17.3. The van der Waals surface area contributed by atoms with E-state index >= 15 is 0 Å². The molecule has 14 aromatic rings. The van der Waals surface area contributed by atoms with Gasteiger partial charge in [0.1, 0.15) is 33.5 Å². The van der Waals surface area contributed by atoms with Crippen molar-refractivity contribution in [3.63, 3.8) is 0 Å². The first-order chi connectivity index (χ1) is 34.1. The fraction of sp³-hybridized carbons (Fsp3) is 0.0794. The normalized spacial score (nSPS) is 13.3. The maximum atomic E-state index is 7.09. The van der Waals surface area contributed by atoms with Crippen molar-refractivity contribution in [1.29, 1.82) is 0 Å².